The average Bonchev–Trinajstić information content (AvgIpc) is 2.85. The summed E-state index contributed by atoms with van der Waals surface area (Å²) in [7, 11) is 0. The topological polar surface area (TPSA) is 46.9 Å². The smallest absolute Gasteiger partial charge is 0.272 e. The molecule has 1 aromatic heterocycles. The van der Waals surface area contributed by atoms with Crippen LogP contribution in [0.4, 0.5) is 0 Å². The van der Waals surface area contributed by atoms with Crippen molar-refractivity contribution in [3.05, 3.63) is 17.0 Å². The lowest BCUT2D eigenvalue weighted by atomic mass is 9.95. The highest BCUT2D eigenvalue weighted by Crippen LogP contribution is 2.31. The van der Waals surface area contributed by atoms with E-state index in [2.05, 4.69) is 23.8 Å². The van der Waals surface area contributed by atoms with Gasteiger partial charge in [-0.25, -0.2) is 0 Å². The Labute approximate surface area is 141 Å². The molecular formula is C19H33N3O. The molecule has 130 valence electrons. The van der Waals surface area contributed by atoms with Crippen LogP contribution in [0.25, 0.3) is 0 Å². The monoisotopic (exact) mass is 319 g/mol. The van der Waals surface area contributed by atoms with E-state index < -0.39 is 0 Å². The SMILES string of the molecule is CCCCCc1c(C)c(C(=O)NC(C)C)nn1C1CCCCC1. The molecule has 0 atom stereocenters. The van der Waals surface area contributed by atoms with Crippen molar-refractivity contribution in [2.75, 3.05) is 0 Å². The van der Waals surface area contributed by atoms with Crippen LogP contribution in [0.5, 0.6) is 0 Å². The van der Waals surface area contributed by atoms with Gasteiger partial charge in [-0.1, -0.05) is 39.0 Å². The van der Waals surface area contributed by atoms with Crippen molar-refractivity contribution < 1.29 is 4.79 Å². The predicted octanol–water partition coefficient (Wildman–Crippen LogP) is 4.57. The van der Waals surface area contributed by atoms with Gasteiger partial charge in [0.05, 0.1) is 6.04 Å². The fourth-order valence-corrected chi connectivity index (χ4v) is 3.57. The van der Waals surface area contributed by atoms with Crippen molar-refractivity contribution in [3.63, 3.8) is 0 Å². The Morgan fingerprint density at radius 1 is 1.26 bits per heavy atom. The molecule has 23 heavy (non-hydrogen) atoms. The van der Waals surface area contributed by atoms with Gasteiger partial charge in [0.1, 0.15) is 0 Å². The van der Waals surface area contributed by atoms with Crippen molar-refractivity contribution in [2.24, 2.45) is 0 Å². The van der Waals surface area contributed by atoms with Gasteiger partial charge >= 0.3 is 0 Å². The minimum absolute atomic E-state index is 0.0243. The van der Waals surface area contributed by atoms with E-state index >= 15 is 0 Å². The van der Waals surface area contributed by atoms with Gasteiger partial charge in [0.15, 0.2) is 5.69 Å². The Morgan fingerprint density at radius 2 is 1.96 bits per heavy atom. The largest absolute Gasteiger partial charge is 0.348 e. The average molecular weight is 319 g/mol. The van der Waals surface area contributed by atoms with E-state index in [4.69, 9.17) is 5.10 Å². The van der Waals surface area contributed by atoms with Crippen LogP contribution in [-0.2, 0) is 6.42 Å². The molecule has 2 rings (SSSR count). The Hall–Kier alpha value is -1.32. The van der Waals surface area contributed by atoms with Crippen molar-refractivity contribution in [1.82, 2.24) is 15.1 Å². The Balaban J connectivity index is 2.27. The molecule has 0 aliphatic heterocycles. The fourth-order valence-electron chi connectivity index (χ4n) is 3.57. The first-order chi connectivity index (χ1) is 11.0. The van der Waals surface area contributed by atoms with E-state index in [9.17, 15) is 4.79 Å². The molecular weight excluding hydrogens is 286 g/mol. The number of hydrogen-bond acceptors (Lipinski definition) is 2. The van der Waals surface area contributed by atoms with Crippen LogP contribution in [0.3, 0.4) is 0 Å². The van der Waals surface area contributed by atoms with Crippen LogP contribution in [0, 0.1) is 6.92 Å². The van der Waals surface area contributed by atoms with Crippen molar-refractivity contribution in [3.8, 4) is 0 Å². The molecule has 1 aliphatic rings. The molecule has 1 saturated carbocycles. The van der Waals surface area contributed by atoms with E-state index in [0.29, 0.717) is 11.7 Å². The molecule has 0 aromatic carbocycles. The lowest BCUT2D eigenvalue weighted by Crippen LogP contribution is -2.31. The molecule has 1 fully saturated rings. The number of nitrogens with one attached hydrogen (secondary N) is 1. The highest BCUT2D eigenvalue weighted by Gasteiger charge is 2.25. The maximum Gasteiger partial charge on any atom is 0.272 e. The number of carbonyl (C=O) groups excluding carboxylic acids is 1. The quantitative estimate of drug-likeness (QED) is 0.748. The summed E-state index contributed by atoms with van der Waals surface area (Å²) in [6, 6.07) is 0.630. The minimum atomic E-state index is -0.0243. The first-order valence-electron chi connectivity index (χ1n) is 9.43. The van der Waals surface area contributed by atoms with Gasteiger partial charge in [-0.05, 0) is 46.5 Å². The van der Waals surface area contributed by atoms with Gasteiger partial charge in [-0.2, -0.15) is 5.10 Å². The number of nitrogens with zero attached hydrogens (tertiary/aromatic N) is 2. The summed E-state index contributed by atoms with van der Waals surface area (Å²) in [6.07, 6.45) is 11.0. The molecule has 0 saturated heterocycles. The highest BCUT2D eigenvalue weighted by atomic mass is 16.2. The summed E-state index contributed by atoms with van der Waals surface area (Å²) in [4.78, 5) is 12.5. The van der Waals surface area contributed by atoms with Gasteiger partial charge in [0, 0.05) is 17.3 Å². The molecule has 1 amide bonds. The summed E-state index contributed by atoms with van der Waals surface area (Å²) < 4.78 is 2.21. The van der Waals surface area contributed by atoms with Gasteiger partial charge in [-0.15, -0.1) is 0 Å². The van der Waals surface area contributed by atoms with E-state index in [0.717, 1.165) is 12.0 Å². The minimum Gasteiger partial charge on any atom is -0.348 e. The molecule has 1 aromatic rings. The summed E-state index contributed by atoms with van der Waals surface area (Å²) in [6.45, 7) is 8.29. The van der Waals surface area contributed by atoms with Gasteiger partial charge in [0.25, 0.3) is 5.91 Å². The third-order valence-electron chi connectivity index (χ3n) is 4.84. The zero-order valence-electron chi connectivity index (χ0n) is 15.3. The van der Waals surface area contributed by atoms with Crippen molar-refractivity contribution in [2.45, 2.75) is 97.6 Å². The Kier molecular flexibility index (Phi) is 6.67. The first kappa shape index (κ1) is 18.0. The number of carbonyl (C=O) groups is 1. The third kappa shape index (κ3) is 4.58. The van der Waals surface area contributed by atoms with E-state index in [1.54, 1.807) is 0 Å². The lowest BCUT2D eigenvalue weighted by Gasteiger charge is -2.24. The molecule has 1 aliphatic carbocycles. The maximum absolute atomic E-state index is 12.5. The number of amides is 1. The Morgan fingerprint density at radius 3 is 2.57 bits per heavy atom. The second-order valence-corrected chi connectivity index (χ2v) is 7.24. The van der Waals surface area contributed by atoms with Crippen LogP contribution in [0.2, 0.25) is 0 Å². The zero-order chi connectivity index (χ0) is 16.8. The predicted molar refractivity (Wildman–Crippen MR) is 94.9 cm³/mol. The van der Waals surface area contributed by atoms with Gasteiger partial charge < -0.3 is 5.32 Å². The highest BCUT2D eigenvalue weighted by molar-refractivity contribution is 5.94. The molecule has 0 unspecified atom stereocenters. The summed E-state index contributed by atoms with van der Waals surface area (Å²) in [5, 5.41) is 7.77. The Bertz CT molecular complexity index is 513. The van der Waals surface area contributed by atoms with Crippen molar-refractivity contribution in [1.29, 1.82) is 0 Å². The van der Waals surface area contributed by atoms with Crippen LogP contribution in [0.1, 0.15) is 99.9 Å². The zero-order valence-corrected chi connectivity index (χ0v) is 15.3. The third-order valence-corrected chi connectivity index (χ3v) is 4.84. The van der Waals surface area contributed by atoms with E-state index in [1.807, 2.05) is 13.8 Å². The van der Waals surface area contributed by atoms with Gasteiger partial charge in [-0.3, -0.25) is 9.48 Å². The van der Waals surface area contributed by atoms with E-state index in [-0.39, 0.29) is 11.9 Å². The summed E-state index contributed by atoms with van der Waals surface area (Å²) >= 11 is 0. The normalized spacial score (nSPS) is 16.0. The molecule has 4 nitrogen and oxygen atoms in total. The molecule has 0 bridgehead atoms. The molecule has 0 radical (unpaired) electrons. The molecule has 1 N–H and O–H groups in total. The summed E-state index contributed by atoms with van der Waals surface area (Å²) in [5.74, 6) is -0.0243. The molecule has 0 spiro atoms. The van der Waals surface area contributed by atoms with Crippen molar-refractivity contribution >= 4 is 5.91 Å². The van der Waals surface area contributed by atoms with Crippen LogP contribution in [0.15, 0.2) is 0 Å². The number of rotatable bonds is 7. The number of unbranched alkanes of at least 4 members (excludes halogenated alkanes) is 2. The standard InChI is InChI=1S/C19H33N3O/c1-5-6-8-13-17-15(4)18(19(23)20-14(2)3)21-22(17)16-11-9-7-10-12-16/h14,16H,5-13H2,1-4H3,(H,20,23). The molecule has 4 heteroatoms. The second kappa shape index (κ2) is 8.51. The lowest BCUT2D eigenvalue weighted by molar-refractivity contribution is 0.0936. The van der Waals surface area contributed by atoms with Crippen LogP contribution < -0.4 is 5.32 Å². The maximum atomic E-state index is 12.5. The molecule has 1 heterocycles. The van der Waals surface area contributed by atoms with Crippen LogP contribution in [-0.4, -0.2) is 21.7 Å². The fraction of sp³-hybridized carbons (Fsp3) is 0.789. The second-order valence-electron chi connectivity index (χ2n) is 7.24. The first-order valence-corrected chi connectivity index (χ1v) is 9.43. The summed E-state index contributed by atoms with van der Waals surface area (Å²) in [5.41, 5.74) is 3.01. The van der Waals surface area contributed by atoms with E-state index in [1.165, 1.54) is 57.1 Å². The number of aromatic nitrogens is 2. The van der Waals surface area contributed by atoms with Crippen LogP contribution >= 0.6 is 0 Å². The number of hydrogen-bond donors (Lipinski definition) is 1. The van der Waals surface area contributed by atoms with Gasteiger partial charge in [0.2, 0.25) is 0 Å².